The molecule has 3 heterocycles. The van der Waals surface area contributed by atoms with Gasteiger partial charge in [0.25, 0.3) is 5.91 Å². The minimum Gasteiger partial charge on any atom is -0.497 e. The number of alkyl halides is 3. The average Bonchev–Trinajstić information content (AvgIpc) is 3.64. The van der Waals surface area contributed by atoms with Gasteiger partial charge in [0.1, 0.15) is 17.5 Å². The maximum Gasteiger partial charge on any atom is 0.573 e. The standard InChI is InChI=1S/C24H20F3N5O4/c1-34-15-9-10-18(32-13-5-11-28-32)17(14-15)23(33)31-12-4-7-19(31)22-29-21(30-36-22)16-6-2-3-8-20(16)35-24(25,26)27/h2-3,5-6,8-11,13-14,19H,4,7,12H2,1H3/t19-/m0/s1. The van der Waals surface area contributed by atoms with E-state index in [4.69, 9.17) is 9.26 Å². The number of nitrogens with zero attached hydrogens (tertiary/aromatic N) is 5. The molecule has 0 saturated carbocycles. The van der Waals surface area contributed by atoms with Gasteiger partial charge in [0, 0.05) is 18.9 Å². The van der Waals surface area contributed by atoms with Gasteiger partial charge in [-0.2, -0.15) is 10.1 Å². The smallest absolute Gasteiger partial charge is 0.497 e. The van der Waals surface area contributed by atoms with Crippen LogP contribution in [0.1, 0.15) is 35.1 Å². The number of hydrogen-bond donors (Lipinski definition) is 0. The van der Waals surface area contributed by atoms with E-state index in [-0.39, 0.29) is 23.2 Å². The number of likely N-dealkylation sites (tertiary alicyclic amines) is 1. The van der Waals surface area contributed by atoms with Crippen molar-refractivity contribution < 1.29 is 32.0 Å². The Morgan fingerprint density at radius 3 is 2.75 bits per heavy atom. The zero-order valence-corrected chi connectivity index (χ0v) is 19.0. The summed E-state index contributed by atoms with van der Waals surface area (Å²) in [6, 6.07) is 11.8. The molecular weight excluding hydrogens is 479 g/mol. The van der Waals surface area contributed by atoms with Crippen LogP contribution >= 0.6 is 0 Å². The lowest BCUT2D eigenvalue weighted by Gasteiger charge is -2.23. The molecule has 4 aromatic rings. The Kier molecular flexibility index (Phi) is 6.08. The molecule has 12 heteroatoms. The summed E-state index contributed by atoms with van der Waals surface area (Å²) in [5, 5.41) is 8.10. The van der Waals surface area contributed by atoms with Crippen molar-refractivity contribution in [2.45, 2.75) is 25.2 Å². The molecule has 9 nitrogen and oxygen atoms in total. The number of carbonyl (C=O) groups is 1. The Balaban J connectivity index is 1.46. The van der Waals surface area contributed by atoms with E-state index in [9.17, 15) is 18.0 Å². The SMILES string of the molecule is COc1ccc(-n2cccn2)c(C(=O)N2CCC[C@H]2c2nc(-c3ccccc3OC(F)(F)F)no2)c1. The molecule has 0 radical (unpaired) electrons. The van der Waals surface area contributed by atoms with Crippen LogP contribution < -0.4 is 9.47 Å². The third-order valence-corrected chi connectivity index (χ3v) is 5.78. The first kappa shape index (κ1) is 23.4. The van der Waals surface area contributed by atoms with Gasteiger partial charge in [0.2, 0.25) is 11.7 Å². The van der Waals surface area contributed by atoms with Gasteiger partial charge in [0.05, 0.1) is 23.9 Å². The lowest BCUT2D eigenvalue weighted by molar-refractivity contribution is -0.274. The number of amides is 1. The number of methoxy groups -OCH3 is 1. The van der Waals surface area contributed by atoms with Crippen LogP contribution in [-0.4, -0.2) is 50.7 Å². The van der Waals surface area contributed by atoms with Crippen LogP contribution in [0.4, 0.5) is 13.2 Å². The Morgan fingerprint density at radius 1 is 1.17 bits per heavy atom. The van der Waals surface area contributed by atoms with Crippen LogP contribution in [0.3, 0.4) is 0 Å². The fourth-order valence-corrected chi connectivity index (χ4v) is 4.19. The summed E-state index contributed by atoms with van der Waals surface area (Å²) in [6.07, 6.45) is -0.305. The molecule has 1 aliphatic heterocycles. The summed E-state index contributed by atoms with van der Waals surface area (Å²) in [5.74, 6) is -0.172. The van der Waals surface area contributed by atoms with E-state index in [1.807, 2.05) is 0 Å². The number of halogens is 3. The average molecular weight is 499 g/mol. The normalized spacial score (nSPS) is 15.8. The van der Waals surface area contributed by atoms with Gasteiger partial charge in [0.15, 0.2) is 0 Å². The van der Waals surface area contributed by atoms with Crippen LogP contribution in [0.25, 0.3) is 17.1 Å². The first-order valence-electron chi connectivity index (χ1n) is 11.0. The van der Waals surface area contributed by atoms with Crippen molar-refractivity contribution in [2.75, 3.05) is 13.7 Å². The molecule has 0 N–H and O–H groups in total. The van der Waals surface area contributed by atoms with Crippen molar-refractivity contribution in [1.82, 2.24) is 24.8 Å². The predicted octanol–water partition coefficient (Wildman–Crippen LogP) is 4.81. The second-order valence-corrected chi connectivity index (χ2v) is 7.99. The number of aromatic nitrogens is 4. The second kappa shape index (κ2) is 9.36. The van der Waals surface area contributed by atoms with Crippen LogP contribution in [0.15, 0.2) is 65.4 Å². The van der Waals surface area contributed by atoms with Crippen molar-refractivity contribution >= 4 is 5.91 Å². The highest BCUT2D eigenvalue weighted by Crippen LogP contribution is 2.37. The fourth-order valence-electron chi connectivity index (χ4n) is 4.19. The van der Waals surface area contributed by atoms with E-state index in [1.165, 1.54) is 25.3 Å². The summed E-state index contributed by atoms with van der Waals surface area (Å²) in [5.41, 5.74) is 0.962. The molecule has 0 bridgehead atoms. The summed E-state index contributed by atoms with van der Waals surface area (Å²) >= 11 is 0. The molecular formula is C24H20F3N5O4. The van der Waals surface area contributed by atoms with Crippen molar-refractivity contribution in [3.63, 3.8) is 0 Å². The summed E-state index contributed by atoms with van der Waals surface area (Å²) < 4.78 is 54.9. The van der Waals surface area contributed by atoms with E-state index < -0.39 is 18.2 Å². The molecule has 1 aliphatic rings. The van der Waals surface area contributed by atoms with Crippen LogP contribution in [0.2, 0.25) is 0 Å². The predicted molar refractivity (Wildman–Crippen MR) is 120 cm³/mol. The van der Waals surface area contributed by atoms with E-state index in [1.54, 1.807) is 52.3 Å². The largest absolute Gasteiger partial charge is 0.573 e. The summed E-state index contributed by atoms with van der Waals surface area (Å²) in [4.78, 5) is 19.6. The molecule has 1 atom stereocenters. The van der Waals surface area contributed by atoms with Crippen molar-refractivity contribution in [3.8, 4) is 28.6 Å². The van der Waals surface area contributed by atoms with Gasteiger partial charge in [-0.15, -0.1) is 13.2 Å². The molecule has 1 fully saturated rings. The Morgan fingerprint density at radius 2 is 2.00 bits per heavy atom. The molecule has 0 unspecified atom stereocenters. The van der Waals surface area contributed by atoms with Gasteiger partial charge in [-0.25, -0.2) is 4.68 Å². The van der Waals surface area contributed by atoms with Gasteiger partial charge in [-0.05, 0) is 49.2 Å². The van der Waals surface area contributed by atoms with Gasteiger partial charge < -0.3 is 18.9 Å². The van der Waals surface area contributed by atoms with Gasteiger partial charge in [-0.3, -0.25) is 4.79 Å². The topological polar surface area (TPSA) is 95.5 Å². The molecule has 1 saturated heterocycles. The number of carbonyl (C=O) groups excluding carboxylic acids is 1. The molecule has 5 rings (SSSR count). The summed E-state index contributed by atoms with van der Waals surface area (Å²) in [7, 11) is 1.51. The van der Waals surface area contributed by atoms with Crippen molar-refractivity contribution in [1.29, 1.82) is 0 Å². The first-order valence-corrected chi connectivity index (χ1v) is 11.0. The molecule has 186 valence electrons. The number of hydrogen-bond acceptors (Lipinski definition) is 7. The van der Waals surface area contributed by atoms with Crippen molar-refractivity contribution in [3.05, 3.63) is 72.4 Å². The minimum atomic E-state index is -4.87. The van der Waals surface area contributed by atoms with Gasteiger partial charge in [-0.1, -0.05) is 17.3 Å². The Bertz CT molecular complexity index is 1370. The highest BCUT2D eigenvalue weighted by Gasteiger charge is 2.37. The monoisotopic (exact) mass is 499 g/mol. The molecule has 2 aromatic heterocycles. The number of para-hydroxylation sites is 1. The van der Waals surface area contributed by atoms with E-state index in [0.717, 1.165) is 0 Å². The Hall–Kier alpha value is -4.35. The second-order valence-electron chi connectivity index (χ2n) is 7.99. The lowest BCUT2D eigenvalue weighted by Crippen LogP contribution is -2.31. The van der Waals surface area contributed by atoms with Crippen molar-refractivity contribution in [2.24, 2.45) is 0 Å². The first-order chi connectivity index (χ1) is 17.3. The number of rotatable bonds is 6. The maximum atomic E-state index is 13.7. The molecule has 36 heavy (non-hydrogen) atoms. The van der Waals surface area contributed by atoms with E-state index >= 15 is 0 Å². The zero-order chi connectivity index (χ0) is 25.3. The van der Waals surface area contributed by atoms with Gasteiger partial charge >= 0.3 is 6.36 Å². The third kappa shape index (κ3) is 4.61. The summed E-state index contributed by atoms with van der Waals surface area (Å²) in [6.45, 7) is 0.435. The zero-order valence-electron chi connectivity index (χ0n) is 19.0. The third-order valence-electron chi connectivity index (χ3n) is 5.78. The molecule has 0 aliphatic carbocycles. The van der Waals surface area contributed by atoms with Crippen LogP contribution in [0, 0.1) is 0 Å². The highest BCUT2D eigenvalue weighted by atomic mass is 19.4. The fraction of sp³-hybridized carbons (Fsp3) is 0.250. The highest BCUT2D eigenvalue weighted by molar-refractivity contribution is 5.98. The maximum absolute atomic E-state index is 13.7. The van der Waals surface area contributed by atoms with E-state index in [0.29, 0.717) is 36.4 Å². The molecule has 1 amide bonds. The quantitative estimate of drug-likeness (QED) is 0.376. The molecule has 2 aromatic carbocycles. The van der Waals surface area contributed by atoms with E-state index in [2.05, 4.69) is 20.0 Å². The number of benzene rings is 2. The Labute approximate surface area is 203 Å². The minimum absolute atomic E-state index is 0.0227. The molecule has 0 spiro atoms. The van der Waals surface area contributed by atoms with Crippen LogP contribution in [0.5, 0.6) is 11.5 Å². The lowest BCUT2D eigenvalue weighted by atomic mass is 10.1. The number of ether oxygens (including phenoxy) is 2. The van der Waals surface area contributed by atoms with Crippen LogP contribution in [-0.2, 0) is 0 Å².